The number of fused-ring (bicyclic) bond motifs is 2. The number of hydrogen-bond donors (Lipinski definition) is 1. The van der Waals surface area contributed by atoms with E-state index in [1.165, 1.54) is 0 Å². The third kappa shape index (κ3) is 1.52. The predicted molar refractivity (Wildman–Crippen MR) is 55.6 cm³/mol. The summed E-state index contributed by atoms with van der Waals surface area (Å²) >= 11 is 6.13. The lowest BCUT2D eigenvalue weighted by molar-refractivity contribution is -0.120. The van der Waals surface area contributed by atoms with Crippen molar-refractivity contribution in [3.8, 4) is 0 Å². The summed E-state index contributed by atoms with van der Waals surface area (Å²) in [6.45, 7) is 2.70. The first-order valence-electron chi connectivity index (χ1n) is 5.76. The molecule has 2 aliphatic carbocycles. The Bertz CT molecular complexity index is 258. The number of aliphatic hydroxyl groups excluding tert-OH is 1. The Morgan fingerprint density at radius 1 is 1.27 bits per heavy atom. The van der Waals surface area contributed by atoms with Gasteiger partial charge in [0.05, 0.1) is 24.2 Å². The molecule has 7 atom stereocenters. The van der Waals surface area contributed by atoms with Crippen LogP contribution in [-0.4, -0.2) is 35.6 Å². The van der Waals surface area contributed by atoms with E-state index in [1.807, 2.05) is 6.92 Å². The molecule has 4 heteroatoms. The summed E-state index contributed by atoms with van der Waals surface area (Å²) in [7, 11) is 0. The van der Waals surface area contributed by atoms with Crippen LogP contribution in [0.2, 0.25) is 0 Å². The largest absolute Gasteiger partial charge is 0.391 e. The predicted octanol–water partition coefficient (Wildman–Crippen LogP) is 1.37. The molecule has 0 unspecified atom stereocenters. The van der Waals surface area contributed by atoms with Crippen LogP contribution < -0.4 is 0 Å². The van der Waals surface area contributed by atoms with Gasteiger partial charge in [-0.2, -0.15) is 0 Å². The molecule has 3 fully saturated rings. The molecule has 0 amide bonds. The summed E-state index contributed by atoms with van der Waals surface area (Å²) in [5, 5.41) is 9.89. The van der Waals surface area contributed by atoms with E-state index in [0.717, 1.165) is 12.8 Å². The number of alkyl halides is 1. The van der Waals surface area contributed by atoms with E-state index < -0.39 is 0 Å². The Labute approximate surface area is 94.7 Å². The van der Waals surface area contributed by atoms with Gasteiger partial charge in [-0.3, -0.25) is 0 Å². The van der Waals surface area contributed by atoms with Crippen molar-refractivity contribution < 1.29 is 14.6 Å². The van der Waals surface area contributed by atoms with Crippen LogP contribution >= 0.6 is 11.6 Å². The van der Waals surface area contributed by atoms with Crippen molar-refractivity contribution in [3.05, 3.63) is 0 Å². The highest BCUT2D eigenvalue weighted by atomic mass is 35.5. The van der Waals surface area contributed by atoms with Gasteiger partial charge in [-0.25, -0.2) is 0 Å². The molecule has 1 N–H and O–H groups in total. The van der Waals surface area contributed by atoms with E-state index in [2.05, 4.69) is 0 Å². The van der Waals surface area contributed by atoms with Gasteiger partial charge < -0.3 is 14.6 Å². The van der Waals surface area contributed by atoms with E-state index in [-0.39, 0.29) is 29.8 Å². The summed E-state index contributed by atoms with van der Waals surface area (Å²) < 4.78 is 11.3. The van der Waals surface area contributed by atoms with Crippen LogP contribution in [0.3, 0.4) is 0 Å². The van der Waals surface area contributed by atoms with Crippen molar-refractivity contribution in [1.29, 1.82) is 0 Å². The molecule has 3 nitrogen and oxygen atoms in total. The third-order valence-corrected chi connectivity index (χ3v) is 4.74. The zero-order chi connectivity index (χ0) is 10.6. The molecule has 2 bridgehead atoms. The molecular weight excluding hydrogens is 216 g/mol. The maximum atomic E-state index is 9.94. The van der Waals surface area contributed by atoms with Crippen molar-refractivity contribution in [2.24, 2.45) is 17.8 Å². The maximum absolute atomic E-state index is 9.94. The highest BCUT2D eigenvalue weighted by molar-refractivity contribution is 6.21. The maximum Gasteiger partial charge on any atom is 0.161 e. The van der Waals surface area contributed by atoms with Crippen molar-refractivity contribution in [2.75, 3.05) is 6.61 Å². The van der Waals surface area contributed by atoms with Gasteiger partial charge in [-0.15, -0.1) is 11.6 Å². The van der Waals surface area contributed by atoms with Crippen molar-refractivity contribution in [2.45, 2.75) is 43.6 Å². The van der Waals surface area contributed by atoms with E-state index in [4.69, 9.17) is 21.1 Å². The lowest BCUT2D eigenvalue weighted by Gasteiger charge is -2.32. The Kier molecular flexibility index (Phi) is 2.47. The van der Waals surface area contributed by atoms with Gasteiger partial charge in [0, 0.05) is 5.92 Å². The van der Waals surface area contributed by atoms with E-state index in [9.17, 15) is 5.11 Å². The van der Waals surface area contributed by atoms with Crippen LogP contribution in [0.15, 0.2) is 0 Å². The first kappa shape index (κ1) is 10.3. The molecule has 1 saturated heterocycles. The summed E-state index contributed by atoms with van der Waals surface area (Å²) in [6.07, 6.45) is 1.82. The molecule has 86 valence electrons. The van der Waals surface area contributed by atoms with Gasteiger partial charge in [-0.05, 0) is 31.6 Å². The van der Waals surface area contributed by atoms with Crippen LogP contribution in [0.4, 0.5) is 0 Å². The summed E-state index contributed by atoms with van der Waals surface area (Å²) in [5.74, 6) is 1.09. The summed E-state index contributed by atoms with van der Waals surface area (Å²) in [4.78, 5) is 0. The van der Waals surface area contributed by atoms with Gasteiger partial charge in [0.25, 0.3) is 0 Å². The number of hydrogen-bond acceptors (Lipinski definition) is 3. The third-order valence-electron chi connectivity index (χ3n) is 4.13. The molecule has 3 aliphatic rings. The molecule has 15 heavy (non-hydrogen) atoms. The van der Waals surface area contributed by atoms with Crippen molar-refractivity contribution in [1.82, 2.24) is 0 Å². The first-order valence-corrected chi connectivity index (χ1v) is 6.19. The minimum atomic E-state index is -0.362. The average Bonchev–Trinajstić information content (AvgIpc) is 2.85. The number of aliphatic hydroxyl groups is 1. The molecule has 3 rings (SSSR count). The minimum absolute atomic E-state index is 0.0509. The van der Waals surface area contributed by atoms with Crippen LogP contribution in [0, 0.1) is 17.8 Å². The molecule has 0 aromatic heterocycles. The fourth-order valence-electron chi connectivity index (χ4n) is 3.39. The molecule has 0 spiro atoms. The molecule has 0 aromatic carbocycles. The normalized spacial score (nSPS) is 59.0. The van der Waals surface area contributed by atoms with Gasteiger partial charge >= 0.3 is 0 Å². The standard InChI is InChI=1S/C11H17ClO3/c1-5-4-14-11(15-5)8-3-6-2-7(8)10(13)9(6)12/h5-11,13H,2-4H2,1H3/t5-,6-,7-,8-,9+,10+,11+/m1/s1. The second-order valence-corrected chi connectivity index (χ2v) is 5.65. The van der Waals surface area contributed by atoms with Crippen molar-refractivity contribution >= 4 is 11.6 Å². The Hall–Kier alpha value is 0.170. The van der Waals surface area contributed by atoms with Crippen LogP contribution in [0.1, 0.15) is 19.8 Å². The molecule has 1 aliphatic heterocycles. The second kappa shape index (κ2) is 3.59. The Balaban J connectivity index is 1.70. The fraction of sp³-hybridized carbons (Fsp3) is 1.00. The highest BCUT2D eigenvalue weighted by Crippen LogP contribution is 2.52. The van der Waals surface area contributed by atoms with Gasteiger partial charge in [0.2, 0.25) is 0 Å². The molecular formula is C11H17ClO3. The molecule has 1 heterocycles. The first-order chi connectivity index (χ1) is 7.16. The zero-order valence-electron chi connectivity index (χ0n) is 8.80. The number of rotatable bonds is 1. The van der Waals surface area contributed by atoms with Crippen LogP contribution in [0.25, 0.3) is 0 Å². The summed E-state index contributed by atoms with van der Waals surface area (Å²) in [6, 6.07) is 0. The fourth-order valence-corrected chi connectivity index (χ4v) is 3.78. The smallest absolute Gasteiger partial charge is 0.161 e. The van der Waals surface area contributed by atoms with E-state index in [0.29, 0.717) is 18.4 Å². The Morgan fingerprint density at radius 2 is 2.00 bits per heavy atom. The minimum Gasteiger partial charge on any atom is -0.391 e. The molecule has 2 saturated carbocycles. The monoisotopic (exact) mass is 232 g/mol. The van der Waals surface area contributed by atoms with Gasteiger partial charge in [-0.1, -0.05) is 0 Å². The lowest BCUT2D eigenvalue weighted by atomic mass is 9.86. The number of ether oxygens (including phenoxy) is 2. The average molecular weight is 233 g/mol. The zero-order valence-corrected chi connectivity index (χ0v) is 9.56. The second-order valence-electron chi connectivity index (χ2n) is 5.14. The lowest BCUT2D eigenvalue weighted by Crippen LogP contribution is -2.39. The summed E-state index contributed by atoms with van der Waals surface area (Å²) in [5.41, 5.74) is 0. The van der Waals surface area contributed by atoms with Crippen LogP contribution in [-0.2, 0) is 9.47 Å². The van der Waals surface area contributed by atoms with Gasteiger partial charge in [0.1, 0.15) is 0 Å². The van der Waals surface area contributed by atoms with E-state index in [1.54, 1.807) is 0 Å². The highest BCUT2D eigenvalue weighted by Gasteiger charge is 2.55. The molecule has 0 aromatic rings. The topological polar surface area (TPSA) is 38.7 Å². The van der Waals surface area contributed by atoms with Gasteiger partial charge in [0.15, 0.2) is 6.29 Å². The van der Waals surface area contributed by atoms with Crippen molar-refractivity contribution in [3.63, 3.8) is 0 Å². The quantitative estimate of drug-likeness (QED) is 0.694. The van der Waals surface area contributed by atoms with Crippen LogP contribution in [0.5, 0.6) is 0 Å². The SMILES string of the molecule is C[C@@H]1CO[C@H]([C@@H]2C[C@H]3C[C@H]2[C@H](O)[C@H]3Cl)O1. The molecule has 0 radical (unpaired) electrons. The Morgan fingerprint density at radius 3 is 2.53 bits per heavy atom. The van der Waals surface area contributed by atoms with E-state index >= 15 is 0 Å². The number of halogens is 1.